The molecule has 0 aliphatic rings. The lowest BCUT2D eigenvalue weighted by molar-refractivity contribution is 0.987. The molecule has 104 valence electrons. The van der Waals surface area contributed by atoms with E-state index in [0.717, 1.165) is 22.1 Å². The molecule has 0 bridgehead atoms. The standard InChI is InChI=1S/C15H12BrN5/c16-11-6-7-13-12(8-11)18-15-19-14(20-21(13)15)17-9-10-4-2-1-3-5-10/h1-8H,9H2,(H2,17,18,19,20). The molecule has 2 heterocycles. The first-order valence-corrected chi connectivity index (χ1v) is 7.40. The van der Waals surface area contributed by atoms with Gasteiger partial charge >= 0.3 is 0 Å². The highest BCUT2D eigenvalue weighted by molar-refractivity contribution is 9.10. The van der Waals surface area contributed by atoms with Crippen LogP contribution in [0.1, 0.15) is 5.56 Å². The Morgan fingerprint density at radius 3 is 2.81 bits per heavy atom. The fraction of sp³-hybridized carbons (Fsp3) is 0.0667. The minimum Gasteiger partial charge on any atom is -0.351 e. The number of aromatic amines is 1. The van der Waals surface area contributed by atoms with Gasteiger partial charge in [-0.25, -0.2) is 9.50 Å². The Hall–Kier alpha value is -2.34. The van der Waals surface area contributed by atoms with E-state index in [-0.39, 0.29) is 0 Å². The first-order chi connectivity index (χ1) is 10.3. The molecule has 0 spiro atoms. The van der Waals surface area contributed by atoms with Gasteiger partial charge in [0.15, 0.2) is 0 Å². The molecule has 0 saturated carbocycles. The van der Waals surface area contributed by atoms with Crippen molar-refractivity contribution >= 4 is 38.7 Å². The van der Waals surface area contributed by atoms with Gasteiger partial charge in [0, 0.05) is 11.0 Å². The summed E-state index contributed by atoms with van der Waals surface area (Å²) in [6, 6.07) is 16.2. The molecule has 4 rings (SSSR count). The number of nitrogens with one attached hydrogen (secondary N) is 2. The SMILES string of the molecule is Brc1ccc2c(c1)nc1nc(NCc3ccccc3)[nH]n12. The first-order valence-electron chi connectivity index (χ1n) is 6.61. The molecule has 0 fully saturated rings. The summed E-state index contributed by atoms with van der Waals surface area (Å²) in [6.45, 7) is 0.723. The molecule has 2 aromatic carbocycles. The third-order valence-corrected chi connectivity index (χ3v) is 3.82. The molecule has 0 amide bonds. The fourth-order valence-electron chi connectivity index (χ4n) is 2.32. The summed E-state index contributed by atoms with van der Waals surface area (Å²) in [5.74, 6) is 1.38. The quantitative estimate of drug-likeness (QED) is 0.598. The van der Waals surface area contributed by atoms with E-state index in [9.17, 15) is 0 Å². The zero-order valence-corrected chi connectivity index (χ0v) is 12.6. The monoisotopic (exact) mass is 341 g/mol. The molecule has 2 aromatic heterocycles. The van der Waals surface area contributed by atoms with Crippen LogP contribution in [0.4, 0.5) is 5.95 Å². The maximum absolute atomic E-state index is 4.50. The van der Waals surface area contributed by atoms with Crippen molar-refractivity contribution in [3.8, 4) is 0 Å². The van der Waals surface area contributed by atoms with Crippen molar-refractivity contribution in [3.63, 3.8) is 0 Å². The van der Waals surface area contributed by atoms with Crippen molar-refractivity contribution in [1.29, 1.82) is 0 Å². The molecule has 0 aliphatic heterocycles. The second-order valence-electron chi connectivity index (χ2n) is 4.79. The van der Waals surface area contributed by atoms with Crippen LogP contribution in [0, 0.1) is 0 Å². The smallest absolute Gasteiger partial charge is 0.253 e. The zero-order chi connectivity index (χ0) is 14.2. The zero-order valence-electron chi connectivity index (χ0n) is 11.0. The highest BCUT2D eigenvalue weighted by Crippen LogP contribution is 2.20. The molecule has 0 saturated heterocycles. The number of H-pyrrole nitrogens is 1. The highest BCUT2D eigenvalue weighted by atomic mass is 79.9. The Balaban J connectivity index is 1.65. The molecule has 21 heavy (non-hydrogen) atoms. The van der Waals surface area contributed by atoms with Gasteiger partial charge in [0.25, 0.3) is 5.78 Å². The molecule has 5 nitrogen and oxygen atoms in total. The van der Waals surface area contributed by atoms with Gasteiger partial charge < -0.3 is 5.32 Å². The Morgan fingerprint density at radius 1 is 1.10 bits per heavy atom. The van der Waals surface area contributed by atoms with Crippen LogP contribution < -0.4 is 5.32 Å². The summed E-state index contributed by atoms with van der Waals surface area (Å²) >= 11 is 3.45. The van der Waals surface area contributed by atoms with Crippen LogP contribution in [0.3, 0.4) is 0 Å². The van der Waals surface area contributed by atoms with Gasteiger partial charge in [-0.3, -0.25) is 5.10 Å². The Kier molecular flexibility index (Phi) is 2.89. The van der Waals surface area contributed by atoms with Crippen LogP contribution in [0.25, 0.3) is 16.8 Å². The lowest BCUT2D eigenvalue weighted by atomic mass is 10.2. The van der Waals surface area contributed by atoms with E-state index in [1.807, 2.05) is 40.9 Å². The molecule has 6 heteroatoms. The maximum Gasteiger partial charge on any atom is 0.253 e. The van der Waals surface area contributed by atoms with Gasteiger partial charge in [0.05, 0.1) is 11.0 Å². The Labute approximate surface area is 129 Å². The molecular formula is C15H12BrN5. The second-order valence-corrected chi connectivity index (χ2v) is 5.71. The summed E-state index contributed by atoms with van der Waals surface area (Å²) in [5.41, 5.74) is 3.13. The van der Waals surface area contributed by atoms with Gasteiger partial charge in [-0.05, 0) is 23.8 Å². The van der Waals surface area contributed by atoms with Gasteiger partial charge in [0.1, 0.15) is 0 Å². The number of benzene rings is 2. The Morgan fingerprint density at radius 2 is 1.95 bits per heavy atom. The predicted octanol–water partition coefficient (Wildman–Crippen LogP) is 3.59. The van der Waals surface area contributed by atoms with E-state index in [2.05, 4.69) is 48.4 Å². The molecule has 0 unspecified atom stereocenters. The fourth-order valence-corrected chi connectivity index (χ4v) is 2.67. The van der Waals surface area contributed by atoms with E-state index in [1.165, 1.54) is 5.56 Å². The van der Waals surface area contributed by atoms with E-state index in [4.69, 9.17) is 0 Å². The number of rotatable bonds is 3. The average Bonchev–Trinajstić information content (AvgIpc) is 3.02. The summed E-state index contributed by atoms with van der Waals surface area (Å²) in [5, 5.41) is 6.50. The molecule has 0 radical (unpaired) electrons. The van der Waals surface area contributed by atoms with E-state index < -0.39 is 0 Å². The third kappa shape index (κ3) is 2.27. The van der Waals surface area contributed by atoms with E-state index >= 15 is 0 Å². The summed E-state index contributed by atoms with van der Waals surface area (Å²) in [4.78, 5) is 8.97. The van der Waals surface area contributed by atoms with Crippen molar-refractivity contribution in [2.45, 2.75) is 6.54 Å². The maximum atomic E-state index is 4.50. The lowest BCUT2D eigenvalue weighted by Crippen LogP contribution is -2.01. The van der Waals surface area contributed by atoms with Crippen molar-refractivity contribution in [2.75, 3.05) is 5.32 Å². The number of aromatic nitrogens is 4. The van der Waals surface area contributed by atoms with Crippen molar-refractivity contribution < 1.29 is 0 Å². The van der Waals surface area contributed by atoms with E-state index in [0.29, 0.717) is 11.7 Å². The Bertz CT molecular complexity index is 910. The summed E-state index contributed by atoms with van der Waals surface area (Å²) in [6.07, 6.45) is 0. The van der Waals surface area contributed by atoms with Crippen LogP contribution in [0.5, 0.6) is 0 Å². The molecule has 0 aliphatic carbocycles. The van der Waals surface area contributed by atoms with Crippen molar-refractivity contribution in [3.05, 3.63) is 58.6 Å². The lowest BCUT2D eigenvalue weighted by Gasteiger charge is -2.01. The minimum atomic E-state index is 0.665. The van der Waals surface area contributed by atoms with Gasteiger partial charge in [-0.1, -0.05) is 46.3 Å². The molecule has 0 atom stereocenters. The number of hydrogen-bond acceptors (Lipinski definition) is 3. The molecule has 4 aromatic rings. The van der Waals surface area contributed by atoms with E-state index in [1.54, 1.807) is 0 Å². The summed E-state index contributed by atoms with van der Waals surface area (Å²) in [7, 11) is 0. The number of nitrogens with zero attached hydrogens (tertiary/aromatic N) is 3. The van der Waals surface area contributed by atoms with Crippen LogP contribution in [0.2, 0.25) is 0 Å². The molecular weight excluding hydrogens is 330 g/mol. The van der Waals surface area contributed by atoms with Crippen LogP contribution in [-0.4, -0.2) is 19.6 Å². The molecule has 2 N–H and O–H groups in total. The van der Waals surface area contributed by atoms with Crippen molar-refractivity contribution in [2.24, 2.45) is 0 Å². The largest absolute Gasteiger partial charge is 0.351 e. The number of imidazole rings is 1. The van der Waals surface area contributed by atoms with Crippen LogP contribution >= 0.6 is 15.9 Å². The minimum absolute atomic E-state index is 0.665. The second kappa shape index (κ2) is 4.89. The average molecular weight is 342 g/mol. The highest BCUT2D eigenvalue weighted by Gasteiger charge is 2.09. The predicted molar refractivity (Wildman–Crippen MR) is 86.3 cm³/mol. The van der Waals surface area contributed by atoms with Crippen molar-refractivity contribution in [1.82, 2.24) is 19.6 Å². The van der Waals surface area contributed by atoms with Gasteiger partial charge in [-0.2, -0.15) is 4.98 Å². The van der Waals surface area contributed by atoms with Crippen LogP contribution in [0.15, 0.2) is 53.0 Å². The van der Waals surface area contributed by atoms with Crippen LogP contribution in [-0.2, 0) is 6.54 Å². The number of halogens is 1. The summed E-state index contributed by atoms with van der Waals surface area (Å²) < 4.78 is 2.90. The third-order valence-electron chi connectivity index (χ3n) is 3.33. The first kappa shape index (κ1) is 12.4. The van der Waals surface area contributed by atoms with Gasteiger partial charge in [0.2, 0.25) is 5.95 Å². The number of fused-ring (bicyclic) bond motifs is 3. The van der Waals surface area contributed by atoms with Gasteiger partial charge in [-0.15, -0.1) is 0 Å². The topological polar surface area (TPSA) is 58.0 Å². The number of hydrogen-bond donors (Lipinski definition) is 2. The number of anilines is 1. The normalized spacial score (nSPS) is 11.3.